The summed E-state index contributed by atoms with van der Waals surface area (Å²) in [6, 6.07) is 18.5. The molecule has 2 heterocycles. The van der Waals surface area contributed by atoms with Crippen LogP contribution in [0, 0.1) is 0 Å². The molecule has 1 amide bonds. The molecule has 3 aromatic rings. The summed E-state index contributed by atoms with van der Waals surface area (Å²) in [6.07, 6.45) is -0.309. The van der Waals surface area contributed by atoms with E-state index in [1.807, 2.05) is 30.3 Å². The van der Waals surface area contributed by atoms with Gasteiger partial charge in [-0.2, -0.15) is 4.31 Å². The average Bonchev–Trinajstić information content (AvgIpc) is 3.40. The third-order valence-electron chi connectivity index (χ3n) is 7.92. The monoisotopic (exact) mass is 632 g/mol. The third-order valence-corrected chi connectivity index (χ3v) is 11.5. The number of benzene rings is 3. The first-order valence-corrected chi connectivity index (χ1v) is 17.3. The quantitative estimate of drug-likeness (QED) is 0.344. The number of aliphatic hydroxyl groups is 1. The number of amides is 1. The highest BCUT2D eigenvalue weighted by molar-refractivity contribution is 7.91. The molecule has 2 unspecified atom stereocenters. The first-order valence-electron chi connectivity index (χ1n) is 14.2. The predicted octanol–water partition coefficient (Wildman–Crippen LogP) is 3.11. The SMILES string of the molecule is CCS(=O)(=O)c1cccc(OCC(O)COC(=O)NC2COC3(CCN(S(=O)(=O)c4ccc5ccccc5c4)CC3)C2)c1. The van der Waals surface area contributed by atoms with Gasteiger partial charge in [-0.15, -0.1) is 0 Å². The maximum atomic E-state index is 13.3. The van der Waals surface area contributed by atoms with Crippen molar-refractivity contribution in [2.75, 3.05) is 38.7 Å². The van der Waals surface area contributed by atoms with E-state index in [-0.39, 0.29) is 47.2 Å². The Labute approximate surface area is 251 Å². The number of fused-ring (bicyclic) bond motifs is 1. The summed E-state index contributed by atoms with van der Waals surface area (Å²) < 4.78 is 68.9. The number of carbonyl (C=O) groups excluding carboxylic acids is 1. The Kier molecular flexibility index (Phi) is 9.28. The van der Waals surface area contributed by atoms with Crippen LogP contribution in [-0.4, -0.2) is 88.8 Å². The fourth-order valence-corrected chi connectivity index (χ4v) is 7.83. The number of nitrogens with one attached hydrogen (secondary N) is 1. The van der Waals surface area contributed by atoms with Crippen LogP contribution in [-0.2, 0) is 29.3 Å². The van der Waals surface area contributed by atoms with Gasteiger partial charge in [-0.05, 0) is 60.4 Å². The molecule has 0 saturated carbocycles. The molecule has 1 spiro atoms. The number of carbonyl (C=O) groups is 1. The Bertz CT molecular complexity index is 1670. The molecule has 3 aromatic carbocycles. The first kappa shape index (κ1) is 31.2. The number of rotatable bonds is 10. The van der Waals surface area contributed by atoms with Gasteiger partial charge in [0.15, 0.2) is 9.84 Å². The minimum atomic E-state index is -3.65. The van der Waals surface area contributed by atoms with Gasteiger partial charge < -0.3 is 24.6 Å². The molecule has 2 saturated heterocycles. The second kappa shape index (κ2) is 12.8. The summed E-state index contributed by atoms with van der Waals surface area (Å²) in [6.45, 7) is 1.93. The maximum absolute atomic E-state index is 13.3. The van der Waals surface area contributed by atoms with Crippen molar-refractivity contribution in [2.24, 2.45) is 0 Å². The van der Waals surface area contributed by atoms with Crippen molar-refractivity contribution in [1.29, 1.82) is 0 Å². The van der Waals surface area contributed by atoms with Gasteiger partial charge in [-0.25, -0.2) is 21.6 Å². The van der Waals surface area contributed by atoms with Crippen LogP contribution in [0.15, 0.2) is 76.5 Å². The smallest absolute Gasteiger partial charge is 0.407 e. The van der Waals surface area contributed by atoms with E-state index in [2.05, 4.69) is 5.32 Å². The number of hydrogen-bond acceptors (Lipinski definition) is 9. The highest BCUT2D eigenvalue weighted by Crippen LogP contribution is 2.37. The van der Waals surface area contributed by atoms with Crippen LogP contribution in [0.4, 0.5) is 4.79 Å². The van der Waals surface area contributed by atoms with Crippen LogP contribution >= 0.6 is 0 Å². The Morgan fingerprint density at radius 2 is 1.74 bits per heavy atom. The summed E-state index contributed by atoms with van der Waals surface area (Å²) in [4.78, 5) is 12.8. The average molecular weight is 633 g/mol. The molecule has 2 atom stereocenters. The molecule has 13 heteroatoms. The van der Waals surface area contributed by atoms with E-state index >= 15 is 0 Å². The van der Waals surface area contributed by atoms with E-state index in [1.165, 1.54) is 16.4 Å². The number of sulfonamides is 1. The zero-order valence-corrected chi connectivity index (χ0v) is 25.5. The lowest BCUT2D eigenvalue weighted by Crippen LogP contribution is -2.47. The van der Waals surface area contributed by atoms with Crippen LogP contribution in [0.3, 0.4) is 0 Å². The predicted molar refractivity (Wildman–Crippen MR) is 159 cm³/mol. The summed E-state index contributed by atoms with van der Waals surface area (Å²) in [5, 5.41) is 14.8. The molecule has 2 N–H and O–H groups in total. The Morgan fingerprint density at radius 1 is 1.00 bits per heavy atom. The van der Waals surface area contributed by atoms with E-state index in [9.17, 15) is 26.7 Å². The van der Waals surface area contributed by atoms with Gasteiger partial charge in [-0.1, -0.05) is 43.3 Å². The number of sulfone groups is 1. The second-order valence-corrected chi connectivity index (χ2v) is 15.1. The summed E-state index contributed by atoms with van der Waals surface area (Å²) >= 11 is 0. The van der Waals surface area contributed by atoms with E-state index in [0.717, 1.165) is 10.8 Å². The van der Waals surface area contributed by atoms with E-state index < -0.39 is 37.7 Å². The molecule has 232 valence electrons. The van der Waals surface area contributed by atoms with Gasteiger partial charge in [0.2, 0.25) is 10.0 Å². The molecule has 2 aliphatic rings. The van der Waals surface area contributed by atoms with E-state index in [4.69, 9.17) is 14.2 Å². The largest absolute Gasteiger partial charge is 0.491 e. The van der Waals surface area contributed by atoms with Gasteiger partial charge in [0.1, 0.15) is 25.1 Å². The number of alkyl carbamates (subject to hydrolysis) is 1. The molecule has 11 nitrogen and oxygen atoms in total. The first-order chi connectivity index (χ1) is 20.5. The maximum Gasteiger partial charge on any atom is 0.407 e. The highest BCUT2D eigenvalue weighted by Gasteiger charge is 2.45. The van der Waals surface area contributed by atoms with E-state index in [1.54, 1.807) is 31.2 Å². The standard InChI is InChI=1S/C30H36N2O9S2/c1-2-42(35,36)27-9-5-8-26(17-27)39-20-25(33)21-40-29(34)31-24-18-30(41-19-24)12-14-32(15-13-30)43(37,38)28-11-10-22-6-3-4-7-23(22)16-28/h3-11,16-17,24-25,33H,2,12-15,18-21H2,1H3,(H,31,34). The van der Waals surface area contributed by atoms with Crippen molar-refractivity contribution < 1.29 is 40.9 Å². The number of hydrogen-bond donors (Lipinski definition) is 2. The molecule has 0 bridgehead atoms. The van der Waals surface area contributed by atoms with Crippen molar-refractivity contribution in [3.63, 3.8) is 0 Å². The Morgan fingerprint density at radius 3 is 2.49 bits per heavy atom. The fraction of sp³-hybridized carbons (Fsp3) is 0.433. The van der Waals surface area contributed by atoms with Gasteiger partial charge >= 0.3 is 6.09 Å². The molecule has 43 heavy (non-hydrogen) atoms. The highest BCUT2D eigenvalue weighted by atomic mass is 32.2. The number of aliphatic hydroxyl groups excluding tert-OH is 1. The molecule has 2 fully saturated rings. The summed E-state index contributed by atoms with van der Waals surface area (Å²) in [5.41, 5.74) is -0.527. The number of piperidine rings is 1. The molecular weight excluding hydrogens is 596 g/mol. The summed E-state index contributed by atoms with van der Waals surface area (Å²) in [5.74, 6) is 0.240. The van der Waals surface area contributed by atoms with Crippen LogP contribution in [0.25, 0.3) is 10.8 Å². The van der Waals surface area contributed by atoms with Crippen molar-refractivity contribution in [3.8, 4) is 5.75 Å². The van der Waals surface area contributed by atoms with Gasteiger partial charge in [0, 0.05) is 13.1 Å². The summed E-state index contributed by atoms with van der Waals surface area (Å²) in [7, 11) is -7.04. The van der Waals surface area contributed by atoms with Crippen LogP contribution in [0.5, 0.6) is 5.75 Å². The molecule has 5 rings (SSSR count). The number of ether oxygens (including phenoxy) is 3. The van der Waals surface area contributed by atoms with Crippen molar-refractivity contribution in [3.05, 3.63) is 66.7 Å². The van der Waals surface area contributed by atoms with Crippen LogP contribution in [0.1, 0.15) is 26.2 Å². The molecule has 0 aliphatic carbocycles. The second-order valence-electron chi connectivity index (χ2n) is 10.9. The lowest BCUT2D eigenvalue weighted by atomic mass is 9.88. The van der Waals surface area contributed by atoms with Gasteiger partial charge in [0.25, 0.3) is 0 Å². The fourth-order valence-electron chi connectivity index (χ4n) is 5.44. The lowest BCUT2D eigenvalue weighted by Gasteiger charge is -2.38. The minimum Gasteiger partial charge on any atom is -0.491 e. The minimum absolute atomic E-state index is 0.0401. The third kappa shape index (κ3) is 7.29. The molecule has 0 radical (unpaired) electrons. The Hall–Kier alpha value is -3.23. The molecule has 2 aliphatic heterocycles. The van der Waals surface area contributed by atoms with Crippen LogP contribution < -0.4 is 10.1 Å². The zero-order chi connectivity index (χ0) is 30.7. The normalized spacial score (nSPS) is 19.7. The van der Waals surface area contributed by atoms with E-state index in [0.29, 0.717) is 32.4 Å². The topological polar surface area (TPSA) is 149 Å². The lowest BCUT2D eigenvalue weighted by molar-refractivity contribution is -0.0312. The van der Waals surface area contributed by atoms with Gasteiger partial charge in [-0.3, -0.25) is 0 Å². The van der Waals surface area contributed by atoms with Gasteiger partial charge in [0.05, 0.1) is 33.8 Å². The van der Waals surface area contributed by atoms with Crippen molar-refractivity contribution in [1.82, 2.24) is 9.62 Å². The van der Waals surface area contributed by atoms with Crippen molar-refractivity contribution in [2.45, 2.75) is 53.7 Å². The number of nitrogens with zero attached hydrogens (tertiary/aromatic N) is 1. The molecule has 0 aromatic heterocycles. The van der Waals surface area contributed by atoms with Crippen molar-refractivity contribution >= 4 is 36.7 Å². The molecular formula is C30H36N2O9S2. The Balaban J connectivity index is 1.06. The van der Waals surface area contributed by atoms with Crippen LogP contribution in [0.2, 0.25) is 0 Å². The zero-order valence-electron chi connectivity index (χ0n) is 23.8.